The number of carbonyl (C=O) groups is 1. The third-order valence-corrected chi connectivity index (χ3v) is 5.66. The number of nitrogens with zero attached hydrogens (tertiary/aromatic N) is 4. The van der Waals surface area contributed by atoms with Crippen molar-refractivity contribution in [3.63, 3.8) is 0 Å². The van der Waals surface area contributed by atoms with E-state index in [-0.39, 0.29) is 5.91 Å². The van der Waals surface area contributed by atoms with E-state index in [1.807, 2.05) is 12.1 Å². The molecule has 0 saturated carbocycles. The van der Waals surface area contributed by atoms with Gasteiger partial charge in [-0.05, 0) is 48.9 Å². The summed E-state index contributed by atoms with van der Waals surface area (Å²) < 4.78 is 5.69. The van der Waals surface area contributed by atoms with Gasteiger partial charge in [0.2, 0.25) is 5.88 Å². The van der Waals surface area contributed by atoms with E-state index in [2.05, 4.69) is 40.3 Å². The van der Waals surface area contributed by atoms with Crippen molar-refractivity contribution in [2.45, 2.75) is 19.5 Å². The molecule has 0 spiro atoms. The van der Waals surface area contributed by atoms with Gasteiger partial charge in [0, 0.05) is 57.2 Å². The van der Waals surface area contributed by atoms with Gasteiger partial charge >= 0.3 is 0 Å². The van der Waals surface area contributed by atoms with Crippen molar-refractivity contribution in [2.75, 3.05) is 31.6 Å². The molecule has 2 heterocycles. The van der Waals surface area contributed by atoms with Crippen molar-refractivity contribution in [2.24, 2.45) is 0 Å². The lowest BCUT2D eigenvalue weighted by atomic mass is 10.1. The van der Waals surface area contributed by atoms with Gasteiger partial charge in [-0.1, -0.05) is 18.2 Å². The molecular weight excluding hydrogens is 414 g/mol. The Labute approximate surface area is 194 Å². The number of ether oxygens (including phenoxy) is 1. The second-order valence-corrected chi connectivity index (χ2v) is 8.25. The summed E-state index contributed by atoms with van der Waals surface area (Å²) in [4.78, 5) is 21.2. The van der Waals surface area contributed by atoms with Gasteiger partial charge in [-0.25, -0.2) is 4.98 Å². The maximum Gasteiger partial charge on any atom is 0.259 e. The van der Waals surface area contributed by atoms with E-state index in [0.717, 1.165) is 31.9 Å². The fraction of sp³-hybridized carbons (Fsp3) is 0.269. The first kappa shape index (κ1) is 22.5. The van der Waals surface area contributed by atoms with Crippen molar-refractivity contribution in [3.05, 3.63) is 83.6 Å². The normalized spacial score (nSPS) is 16.1. The number of anilines is 1. The lowest BCUT2D eigenvalue weighted by molar-refractivity contribution is 0.0992. The molecule has 4 rings (SSSR count). The molecule has 2 aromatic carbocycles. The average molecular weight is 442 g/mol. The number of pyridine rings is 1. The zero-order chi connectivity index (χ0) is 23.2. The van der Waals surface area contributed by atoms with E-state index >= 15 is 0 Å². The second-order valence-electron chi connectivity index (χ2n) is 8.25. The summed E-state index contributed by atoms with van der Waals surface area (Å²) in [6.45, 7) is 6.21. The van der Waals surface area contributed by atoms with Crippen LogP contribution >= 0.6 is 0 Å². The molecule has 7 nitrogen and oxygen atoms in total. The highest BCUT2D eigenvalue weighted by Crippen LogP contribution is 2.22. The van der Waals surface area contributed by atoms with Gasteiger partial charge in [-0.2, -0.15) is 5.26 Å². The van der Waals surface area contributed by atoms with Crippen LogP contribution in [0.2, 0.25) is 0 Å². The van der Waals surface area contributed by atoms with Crippen LogP contribution in [-0.2, 0) is 6.54 Å². The van der Waals surface area contributed by atoms with Gasteiger partial charge in [0.05, 0.1) is 17.2 Å². The summed E-state index contributed by atoms with van der Waals surface area (Å²) in [6, 6.07) is 20.9. The third kappa shape index (κ3) is 5.75. The summed E-state index contributed by atoms with van der Waals surface area (Å²) >= 11 is 0. The highest BCUT2D eigenvalue weighted by molar-refractivity contribution is 6.05. The third-order valence-electron chi connectivity index (χ3n) is 5.66. The van der Waals surface area contributed by atoms with Crippen molar-refractivity contribution < 1.29 is 9.53 Å². The maximum atomic E-state index is 12.9. The smallest absolute Gasteiger partial charge is 0.259 e. The molecule has 0 aliphatic carbocycles. The topological polar surface area (TPSA) is 81.5 Å². The Morgan fingerprint density at radius 1 is 1.24 bits per heavy atom. The fourth-order valence-electron chi connectivity index (χ4n) is 3.87. The minimum absolute atomic E-state index is 0.149. The van der Waals surface area contributed by atoms with Gasteiger partial charge in [-0.3, -0.25) is 9.69 Å². The van der Waals surface area contributed by atoms with Crippen LogP contribution in [0.1, 0.15) is 28.4 Å². The molecule has 1 saturated heterocycles. The minimum atomic E-state index is -0.149. The van der Waals surface area contributed by atoms with Crippen LogP contribution in [-0.4, -0.2) is 48.5 Å². The quantitative estimate of drug-likeness (QED) is 0.626. The van der Waals surface area contributed by atoms with Gasteiger partial charge < -0.3 is 15.0 Å². The lowest BCUT2D eigenvalue weighted by Crippen LogP contribution is -2.48. The number of aromatic nitrogens is 1. The molecule has 0 unspecified atom stereocenters. The number of rotatable bonds is 6. The first-order valence-electron chi connectivity index (χ1n) is 11.0. The predicted molar refractivity (Wildman–Crippen MR) is 127 cm³/mol. The molecule has 1 atom stereocenters. The number of amides is 1. The summed E-state index contributed by atoms with van der Waals surface area (Å²) in [5.41, 5.74) is 3.03. The van der Waals surface area contributed by atoms with Crippen LogP contribution in [0.15, 0.2) is 66.9 Å². The number of carbonyl (C=O) groups excluding carboxylic acids is 1. The van der Waals surface area contributed by atoms with Crippen LogP contribution in [0.3, 0.4) is 0 Å². The average Bonchev–Trinajstić information content (AvgIpc) is 2.84. The molecular formula is C26H27N5O2. The highest BCUT2D eigenvalue weighted by atomic mass is 16.5. The summed E-state index contributed by atoms with van der Waals surface area (Å²) in [7, 11) is 1.76. The Hall–Kier alpha value is -3.73. The molecule has 1 aliphatic rings. The molecule has 0 bridgehead atoms. The van der Waals surface area contributed by atoms with Crippen LogP contribution < -0.4 is 15.0 Å². The zero-order valence-corrected chi connectivity index (χ0v) is 18.9. The highest BCUT2D eigenvalue weighted by Gasteiger charge is 2.17. The summed E-state index contributed by atoms with van der Waals surface area (Å²) in [5, 5.41) is 12.5. The van der Waals surface area contributed by atoms with Crippen LogP contribution in [0, 0.1) is 11.3 Å². The number of piperazine rings is 1. The monoisotopic (exact) mass is 441 g/mol. The van der Waals surface area contributed by atoms with Crippen molar-refractivity contribution in [3.8, 4) is 17.7 Å². The molecule has 33 heavy (non-hydrogen) atoms. The van der Waals surface area contributed by atoms with Gasteiger partial charge in [0.25, 0.3) is 5.91 Å². The largest absolute Gasteiger partial charge is 0.439 e. The zero-order valence-electron chi connectivity index (χ0n) is 18.9. The predicted octanol–water partition coefficient (Wildman–Crippen LogP) is 3.82. The summed E-state index contributed by atoms with van der Waals surface area (Å²) in [6.07, 6.45) is 1.50. The number of hydrogen-bond donors (Lipinski definition) is 1. The van der Waals surface area contributed by atoms with E-state index in [4.69, 9.17) is 10.00 Å². The lowest BCUT2D eigenvalue weighted by Gasteiger charge is -2.31. The fourth-order valence-corrected chi connectivity index (χ4v) is 3.87. The van der Waals surface area contributed by atoms with Gasteiger partial charge in [0.1, 0.15) is 5.75 Å². The summed E-state index contributed by atoms with van der Waals surface area (Å²) in [5.74, 6) is 0.730. The molecule has 1 amide bonds. The number of benzene rings is 2. The number of hydrogen-bond acceptors (Lipinski definition) is 6. The minimum Gasteiger partial charge on any atom is -0.439 e. The van der Waals surface area contributed by atoms with Crippen molar-refractivity contribution in [1.82, 2.24) is 15.2 Å². The van der Waals surface area contributed by atoms with E-state index in [9.17, 15) is 4.79 Å². The molecule has 1 aliphatic heterocycles. The second kappa shape index (κ2) is 10.3. The van der Waals surface area contributed by atoms with Gasteiger partial charge in [0.15, 0.2) is 0 Å². The molecule has 7 heteroatoms. The van der Waals surface area contributed by atoms with E-state index in [1.165, 1.54) is 11.8 Å². The van der Waals surface area contributed by atoms with E-state index in [0.29, 0.717) is 28.8 Å². The first-order valence-corrected chi connectivity index (χ1v) is 11.0. The molecule has 1 aromatic heterocycles. The maximum absolute atomic E-state index is 12.9. The molecule has 168 valence electrons. The van der Waals surface area contributed by atoms with Crippen LogP contribution in [0.25, 0.3) is 0 Å². The van der Waals surface area contributed by atoms with Crippen molar-refractivity contribution in [1.29, 1.82) is 5.26 Å². The van der Waals surface area contributed by atoms with Crippen LogP contribution in [0.4, 0.5) is 5.69 Å². The molecule has 1 N–H and O–H groups in total. The Balaban J connectivity index is 1.37. The van der Waals surface area contributed by atoms with Crippen molar-refractivity contribution >= 4 is 11.6 Å². The Bertz CT molecular complexity index is 1140. The molecule has 1 fully saturated rings. The standard InChI is InChI=1S/C26H27N5O2/c1-19-17-31(13-12-28-19)18-20-6-9-23(10-7-20)30(2)26(32)22-8-11-25(29-16-22)33-24-5-3-4-21(14-24)15-27/h3-11,14,16,19,28H,12-13,17-18H2,1-2H3/t19-/m0/s1. The Kier molecular flexibility index (Phi) is 6.98. The van der Waals surface area contributed by atoms with Gasteiger partial charge in [-0.15, -0.1) is 0 Å². The van der Waals surface area contributed by atoms with E-state index < -0.39 is 0 Å². The first-order chi connectivity index (χ1) is 16.0. The SMILES string of the molecule is C[C@H]1CN(Cc2ccc(N(C)C(=O)c3ccc(Oc4cccc(C#N)c4)nc3)cc2)CCN1. The molecule has 3 aromatic rings. The van der Waals surface area contributed by atoms with Crippen LogP contribution in [0.5, 0.6) is 11.6 Å². The molecule has 0 radical (unpaired) electrons. The number of nitriles is 1. The Morgan fingerprint density at radius 3 is 2.76 bits per heavy atom. The number of nitrogens with one attached hydrogen (secondary N) is 1. The van der Waals surface area contributed by atoms with E-state index in [1.54, 1.807) is 48.3 Å². The Morgan fingerprint density at radius 2 is 2.06 bits per heavy atom.